The quantitative estimate of drug-likeness (QED) is 0.889. The van der Waals surface area contributed by atoms with E-state index in [0.717, 1.165) is 17.3 Å². The van der Waals surface area contributed by atoms with E-state index in [2.05, 4.69) is 21.2 Å². The number of halogens is 2. The van der Waals surface area contributed by atoms with E-state index in [1.54, 1.807) is 28.6 Å². The lowest BCUT2D eigenvalue weighted by molar-refractivity contribution is 0.293. The molecule has 19 heavy (non-hydrogen) atoms. The molecule has 1 aliphatic rings. The Labute approximate surface area is 129 Å². The lowest BCUT2D eigenvalue weighted by atomic mass is 10.1. The van der Waals surface area contributed by atoms with Crippen LogP contribution < -0.4 is 5.32 Å². The zero-order valence-corrected chi connectivity index (χ0v) is 13.9. The molecular formula is C12H18BrClN2O2S. The summed E-state index contributed by atoms with van der Waals surface area (Å²) < 4.78 is 27.3. The molecule has 2 rings (SSSR count). The van der Waals surface area contributed by atoms with Crippen LogP contribution in [0.4, 0.5) is 0 Å². The molecule has 0 aliphatic carbocycles. The van der Waals surface area contributed by atoms with Gasteiger partial charge in [0.1, 0.15) is 0 Å². The molecule has 1 unspecified atom stereocenters. The van der Waals surface area contributed by atoms with E-state index in [1.807, 2.05) is 7.05 Å². The summed E-state index contributed by atoms with van der Waals surface area (Å²) in [6.45, 7) is 1.16. The van der Waals surface area contributed by atoms with Gasteiger partial charge in [-0.2, -0.15) is 4.31 Å². The molecule has 4 nitrogen and oxygen atoms in total. The summed E-state index contributed by atoms with van der Waals surface area (Å²) in [6.07, 6.45) is 1.93. The van der Waals surface area contributed by atoms with Crippen molar-refractivity contribution in [3.05, 3.63) is 28.7 Å². The second-order valence-corrected chi connectivity index (χ2v) is 7.30. The summed E-state index contributed by atoms with van der Waals surface area (Å²) in [5, 5.41) is 3.15. The standard InChI is InChI=1S/C12H17BrN2O2S.ClH/c1-14-11-3-2-8-15(9-11)18(16,17)12-6-4-10(13)5-7-12;/h4-7,11,14H,2-3,8-9H2,1H3;1H. The average molecular weight is 370 g/mol. The van der Waals surface area contributed by atoms with Crippen molar-refractivity contribution in [2.45, 2.75) is 23.8 Å². The highest BCUT2D eigenvalue weighted by atomic mass is 79.9. The number of sulfonamides is 1. The third kappa shape index (κ3) is 3.92. The fraction of sp³-hybridized carbons (Fsp3) is 0.500. The van der Waals surface area contributed by atoms with Gasteiger partial charge in [0.2, 0.25) is 10.0 Å². The summed E-state index contributed by atoms with van der Waals surface area (Å²) >= 11 is 3.31. The second kappa shape index (κ2) is 7.04. The van der Waals surface area contributed by atoms with Crippen molar-refractivity contribution in [3.63, 3.8) is 0 Å². The van der Waals surface area contributed by atoms with Crippen LogP contribution in [0.3, 0.4) is 0 Å². The van der Waals surface area contributed by atoms with Gasteiger partial charge in [0.25, 0.3) is 0 Å². The second-order valence-electron chi connectivity index (χ2n) is 4.44. The third-order valence-electron chi connectivity index (χ3n) is 3.24. The Morgan fingerprint density at radius 1 is 1.32 bits per heavy atom. The molecule has 0 aromatic heterocycles. The van der Waals surface area contributed by atoms with Gasteiger partial charge >= 0.3 is 0 Å². The molecule has 0 saturated carbocycles. The van der Waals surface area contributed by atoms with Gasteiger partial charge in [0.15, 0.2) is 0 Å². The predicted molar refractivity (Wildman–Crippen MR) is 82.2 cm³/mol. The first-order chi connectivity index (χ1) is 8.54. The summed E-state index contributed by atoms with van der Waals surface area (Å²) in [5.74, 6) is 0. The number of rotatable bonds is 3. The predicted octanol–water partition coefficient (Wildman–Crippen LogP) is 2.24. The first-order valence-corrected chi connectivity index (χ1v) is 8.20. The van der Waals surface area contributed by atoms with Gasteiger partial charge in [-0.3, -0.25) is 0 Å². The molecule has 108 valence electrons. The van der Waals surface area contributed by atoms with Crippen molar-refractivity contribution >= 4 is 38.4 Å². The molecule has 1 aliphatic heterocycles. The minimum atomic E-state index is -3.35. The molecule has 1 saturated heterocycles. The highest BCUT2D eigenvalue weighted by Crippen LogP contribution is 2.22. The topological polar surface area (TPSA) is 49.4 Å². The molecule has 1 N–H and O–H groups in total. The van der Waals surface area contributed by atoms with Crippen molar-refractivity contribution in [1.82, 2.24) is 9.62 Å². The van der Waals surface area contributed by atoms with Crippen LogP contribution in [-0.4, -0.2) is 38.9 Å². The largest absolute Gasteiger partial charge is 0.316 e. The van der Waals surface area contributed by atoms with Gasteiger partial charge in [0, 0.05) is 23.6 Å². The lowest BCUT2D eigenvalue weighted by Gasteiger charge is -2.31. The lowest BCUT2D eigenvalue weighted by Crippen LogP contribution is -2.46. The monoisotopic (exact) mass is 368 g/mol. The van der Waals surface area contributed by atoms with Crippen molar-refractivity contribution in [3.8, 4) is 0 Å². The van der Waals surface area contributed by atoms with Crippen LogP contribution in [0.5, 0.6) is 0 Å². The maximum absolute atomic E-state index is 12.4. The van der Waals surface area contributed by atoms with Gasteiger partial charge in [0.05, 0.1) is 4.90 Å². The van der Waals surface area contributed by atoms with E-state index >= 15 is 0 Å². The Morgan fingerprint density at radius 2 is 1.95 bits per heavy atom. The Morgan fingerprint density at radius 3 is 2.53 bits per heavy atom. The van der Waals surface area contributed by atoms with E-state index in [0.29, 0.717) is 18.0 Å². The Kier molecular flexibility index (Phi) is 6.26. The summed E-state index contributed by atoms with van der Waals surface area (Å²) in [7, 11) is -1.47. The molecule has 1 aromatic rings. The molecule has 0 radical (unpaired) electrons. The summed E-state index contributed by atoms with van der Waals surface area (Å²) in [5.41, 5.74) is 0. The van der Waals surface area contributed by atoms with Crippen LogP contribution in [0, 0.1) is 0 Å². The van der Waals surface area contributed by atoms with E-state index in [4.69, 9.17) is 0 Å². The van der Waals surface area contributed by atoms with Crippen molar-refractivity contribution < 1.29 is 8.42 Å². The van der Waals surface area contributed by atoms with Crippen LogP contribution >= 0.6 is 28.3 Å². The Balaban J connectivity index is 0.00000180. The molecular weight excluding hydrogens is 352 g/mol. The minimum Gasteiger partial charge on any atom is -0.316 e. The number of nitrogens with zero attached hydrogens (tertiary/aromatic N) is 1. The number of hydrogen-bond acceptors (Lipinski definition) is 3. The first kappa shape index (κ1) is 16.9. The number of nitrogens with one attached hydrogen (secondary N) is 1. The first-order valence-electron chi connectivity index (χ1n) is 5.97. The van der Waals surface area contributed by atoms with Crippen LogP contribution in [0.15, 0.2) is 33.6 Å². The van der Waals surface area contributed by atoms with E-state index in [1.165, 1.54) is 0 Å². The highest BCUT2D eigenvalue weighted by Gasteiger charge is 2.29. The molecule has 1 atom stereocenters. The molecule has 0 bridgehead atoms. The average Bonchev–Trinajstić information content (AvgIpc) is 2.39. The van der Waals surface area contributed by atoms with E-state index in [9.17, 15) is 8.42 Å². The SMILES string of the molecule is CNC1CCCN(S(=O)(=O)c2ccc(Br)cc2)C1.Cl. The molecule has 7 heteroatoms. The van der Waals surface area contributed by atoms with Crippen molar-refractivity contribution in [2.75, 3.05) is 20.1 Å². The Hall–Kier alpha value is -0.140. The van der Waals surface area contributed by atoms with Gasteiger partial charge < -0.3 is 5.32 Å². The van der Waals surface area contributed by atoms with Gasteiger partial charge in [-0.1, -0.05) is 15.9 Å². The molecule has 0 spiro atoms. The molecule has 1 heterocycles. The number of piperidine rings is 1. The smallest absolute Gasteiger partial charge is 0.243 e. The van der Waals surface area contributed by atoms with Crippen molar-refractivity contribution in [2.24, 2.45) is 0 Å². The minimum absolute atomic E-state index is 0. The maximum Gasteiger partial charge on any atom is 0.243 e. The van der Waals surface area contributed by atoms with Gasteiger partial charge in [-0.05, 0) is 44.2 Å². The van der Waals surface area contributed by atoms with Crippen LogP contribution in [0.25, 0.3) is 0 Å². The normalized spacial score (nSPS) is 20.8. The Bertz CT molecular complexity index is 507. The zero-order chi connectivity index (χ0) is 13.2. The summed E-state index contributed by atoms with van der Waals surface area (Å²) in [6, 6.07) is 7.05. The number of likely N-dealkylation sites (N-methyl/N-ethyl adjacent to an activating group) is 1. The fourth-order valence-corrected chi connectivity index (χ4v) is 3.94. The van der Waals surface area contributed by atoms with Crippen molar-refractivity contribution in [1.29, 1.82) is 0 Å². The molecule has 0 amide bonds. The van der Waals surface area contributed by atoms with Crippen LogP contribution in [0.1, 0.15) is 12.8 Å². The van der Waals surface area contributed by atoms with E-state index in [-0.39, 0.29) is 18.4 Å². The molecule has 1 aromatic carbocycles. The fourth-order valence-electron chi connectivity index (χ4n) is 2.15. The maximum atomic E-state index is 12.4. The third-order valence-corrected chi connectivity index (χ3v) is 5.65. The molecule has 1 fully saturated rings. The summed E-state index contributed by atoms with van der Waals surface area (Å²) in [4.78, 5) is 0.363. The van der Waals surface area contributed by atoms with Crippen LogP contribution in [-0.2, 0) is 10.0 Å². The number of benzene rings is 1. The highest BCUT2D eigenvalue weighted by molar-refractivity contribution is 9.10. The van der Waals surface area contributed by atoms with E-state index < -0.39 is 10.0 Å². The number of hydrogen-bond donors (Lipinski definition) is 1. The van der Waals surface area contributed by atoms with Gasteiger partial charge in [-0.15, -0.1) is 12.4 Å². The zero-order valence-electron chi connectivity index (χ0n) is 10.7. The van der Waals surface area contributed by atoms with Crippen LogP contribution in [0.2, 0.25) is 0 Å². The van der Waals surface area contributed by atoms with Gasteiger partial charge in [-0.25, -0.2) is 8.42 Å².